The Morgan fingerprint density at radius 3 is 2.06 bits per heavy atom. The fourth-order valence-electron chi connectivity index (χ4n) is 1.73. The summed E-state index contributed by atoms with van der Waals surface area (Å²) in [6, 6.07) is 1.90. The van der Waals surface area contributed by atoms with Crippen molar-refractivity contribution in [3.63, 3.8) is 0 Å². The summed E-state index contributed by atoms with van der Waals surface area (Å²) in [6.07, 6.45) is 0. The molecule has 1 saturated heterocycles. The fourth-order valence-corrected chi connectivity index (χ4v) is 1.73. The Morgan fingerprint density at radius 2 is 1.65 bits per heavy atom. The zero-order valence-corrected chi connectivity index (χ0v) is 10.5. The maximum atomic E-state index is 11.7. The normalized spacial score (nSPS) is 17.3. The third kappa shape index (κ3) is 3.09. The van der Waals surface area contributed by atoms with E-state index in [0.29, 0.717) is 26.2 Å². The standard InChI is InChI=1S/C11H18N4O2/c1-9(8-12)10(16)14-4-6-15(7-5-14)11(17)13(2)3/h9H,4-7H2,1-3H3. The van der Waals surface area contributed by atoms with Crippen molar-refractivity contribution in [2.24, 2.45) is 5.92 Å². The van der Waals surface area contributed by atoms with Crippen LogP contribution >= 0.6 is 0 Å². The number of hydrogen-bond donors (Lipinski definition) is 0. The topological polar surface area (TPSA) is 67.6 Å². The molecular weight excluding hydrogens is 220 g/mol. The van der Waals surface area contributed by atoms with Crippen LogP contribution in [-0.2, 0) is 4.79 Å². The van der Waals surface area contributed by atoms with Crippen molar-refractivity contribution in [3.05, 3.63) is 0 Å². The lowest BCUT2D eigenvalue weighted by Gasteiger charge is -2.36. The number of nitrogens with zero attached hydrogens (tertiary/aromatic N) is 4. The minimum atomic E-state index is -0.605. The Balaban J connectivity index is 2.49. The summed E-state index contributed by atoms with van der Waals surface area (Å²) in [4.78, 5) is 28.3. The molecule has 0 aromatic rings. The largest absolute Gasteiger partial charge is 0.338 e. The molecule has 17 heavy (non-hydrogen) atoms. The van der Waals surface area contributed by atoms with E-state index in [4.69, 9.17) is 5.26 Å². The molecule has 1 aliphatic heterocycles. The van der Waals surface area contributed by atoms with Crippen molar-refractivity contribution >= 4 is 11.9 Å². The highest BCUT2D eigenvalue weighted by Gasteiger charge is 2.27. The first-order valence-electron chi connectivity index (χ1n) is 5.62. The van der Waals surface area contributed by atoms with Crippen molar-refractivity contribution in [3.8, 4) is 6.07 Å². The number of hydrogen-bond acceptors (Lipinski definition) is 3. The summed E-state index contributed by atoms with van der Waals surface area (Å²) < 4.78 is 0. The van der Waals surface area contributed by atoms with E-state index in [1.807, 2.05) is 6.07 Å². The van der Waals surface area contributed by atoms with Crippen LogP contribution in [0.5, 0.6) is 0 Å². The van der Waals surface area contributed by atoms with Crippen LogP contribution in [0.4, 0.5) is 4.79 Å². The van der Waals surface area contributed by atoms with E-state index in [0.717, 1.165) is 0 Å². The van der Waals surface area contributed by atoms with Crippen LogP contribution in [0.15, 0.2) is 0 Å². The molecule has 0 spiro atoms. The summed E-state index contributed by atoms with van der Waals surface area (Å²) in [5.74, 6) is -0.754. The second kappa shape index (κ2) is 5.53. The molecule has 0 N–H and O–H groups in total. The van der Waals surface area contributed by atoms with Gasteiger partial charge in [-0.15, -0.1) is 0 Å². The molecule has 6 heteroatoms. The molecule has 0 aromatic carbocycles. The predicted octanol–water partition coefficient (Wildman–Crippen LogP) is -0.0281. The van der Waals surface area contributed by atoms with E-state index < -0.39 is 5.92 Å². The third-order valence-electron chi connectivity index (χ3n) is 2.81. The number of nitriles is 1. The van der Waals surface area contributed by atoms with E-state index in [1.54, 1.807) is 30.8 Å². The van der Waals surface area contributed by atoms with Crippen LogP contribution in [-0.4, -0.2) is 66.9 Å². The van der Waals surface area contributed by atoms with Crippen molar-refractivity contribution in [2.45, 2.75) is 6.92 Å². The summed E-state index contributed by atoms with van der Waals surface area (Å²) >= 11 is 0. The average Bonchev–Trinajstić information content (AvgIpc) is 2.36. The lowest BCUT2D eigenvalue weighted by Crippen LogP contribution is -2.53. The zero-order chi connectivity index (χ0) is 13.0. The number of amides is 3. The Labute approximate surface area is 101 Å². The van der Waals surface area contributed by atoms with E-state index in [1.165, 1.54) is 4.90 Å². The highest BCUT2D eigenvalue weighted by molar-refractivity contribution is 5.81. The van der Waals surface area contributed by atoms with E-state index in [2.05, 4.69) is 0 Å². The maximum Gasteiger partial charge on any atom is 0.319 e. The van der Waals surface area contributed by atoms with Gasteiger partial charge in [-0.25, -0.2) is 4.79 Å². The van der Waals surface area contributed by atoms with Gasteiger partial charge in [-0.3, -0.25) is 4.79 Å². The Morgan fingerprint density at radius 1 is 1.18 bits per heavy atom. The quantitative estimate of drug-likeness (QED) is 0.644. The van der Waals surface area contributed by atoms with E-state index in [-0.39, 0.29) is 11.9 Å². The van der Waals surface area contributed by atoms with Crippen LogP contribution in [0.2, 0.25) is 0 Å². The Bertz CT molecular complexity index is 340. The van der Waals surface area contributed by atoms with Crippen LogP contribution in [0.1, 0.15) is 6.92 Å². The average molecular weight is 238 g/mol. The Kier molecular flexibility index (Phi) is 4.32. The van der Waals surface area contributed by atoms with E-state index >= 15 is 0 Å². The molecule has 3 amide bonds. The van der Waals surface area contributed by atoms with Gasteiger partial charge >= 0.3 is 6.03 Å². The van der Waals surface area contributed by atoms with Crippen LogP contribution < -0.4 is 0 Å². The summed E-state index contributed by atoms with van der Waals surface area (Å²) in [6.45, 7) is 3.66. The molecule has 1 atom stereocenters. The highest BCUT2D eigenvalue weighted by atomic mass is 16.2. The maximum absolute atomic E-state index is 11.7. The minimum Gasteiger partial charge on any atom is -0.338 e. The molecule has 0 saturated carbocycles. The number of urea groups is 1. The van der Waals surface area contributed by atoms with Gasteiger partial charge in [0, 0.05) is 40.3 Å². The molecule has 0 aliphatic carbocycles. The van der Waals surface area contributed by atoms with Crippen LogP contribution in [0, 0.1) is 17.2 Å². The molecule has 6 nitrogen and oxygen atoms in total. The number of piperazine rings is 1. The Hall–Kier alpha value is -1.77. The smallest absolute Gasteiger partial charge is 0.319 e. The number of carbonyl (C=O) groups excluding carboxylic acids is 2. The van der Waals surface area contributed by atoms with Gasteiger partial charge < -0.3 is 14.7 Å². The van der Waals surface area contributed by atoms with Crippen molar-refractivity contribution < 1.29 is 9.59 Å². The number of carbonyl (C=O) groups is 2. The molecule has 1 aliphatic rings. The second-order valence-electron chi connectivity index (χ2n) is 4.34. The first-order chi connectivity index (χ1) is 7.97. The van der Waals surface area contributed by atoms with Crippen molar-refractivity contribution in [1.82, 2.24) is 14.7 Å². The lowest BCUT2D eigenvalue weighted by molar-refractivity contribution is -0.134. The van der Waals surface area contributed by atoms with Gasteiger partial charge in [0.2, 0.25) is 5.91 Å². The molecule has 0 aromatic heterocycles. The van der Waals surface area contributed by atoms with Gasteiger partial charge in [-0.1, -0.05) is 0 Å². The van der Waals surface area contributed by atoms with Gasteiger partial charge in [0.15, 0.2) is 0 Å². The van der Waals surface area contributed by atoms with Crippen LogP contribution in [0.3, 0.4) is 0 Å². The first kappa shape index (κ1) is 13.3. The first-order valence-corrected chi connectivity index (χ1v) is 5.62. The van der Waals surface area contributed by atoms with Crippen molar-refractivity contribution in [2.75, 3.05) is 40.3 Å². The zero-order valence-electron chi connectivity index (χ0n) is 10.5. The molecule has 1 unspecified atom stereocenters. The molecular formula is C11H18N4O2. The molecule has 0 radical (unpaired) electrons. The monoisotopic (exact) mass is 238 g/mol. The number of rotatable bonds is 1. The molecule has 1 rings (SSSR count). The molecule has 0 bridgehead atoms. The fraction of sp³-hybridized carbons (Fsp3) is 0.727. The predicted molar refractivity (Wildman–Crippen MR) is 62.0 cm³/mol. The summed E-state index contributed by atoms with van der Waals surface area (Å²) in [5, 5.41) is 8.68. The van der Waals surface area contributed by atoms with Gasteiger partial charge in [0.25, 0.3) is 0 Å². The lowest BCUT2D eigenvalue weighted by atomic mass is 10.1. The van der Waals surface area contributed by atoms with Crippen molar-refractivity contribution in [1.29, 1.82) is 5.26 Å². The SMILES string of the molecule is CC(C#N)C(=O)N1CCN(C(=O)N(C)C)CC1. The summed E-state index contributed by atoms with van der Waals surface area (Å²) in [7, 11) is 3.41. The molecule has 1 heterocycles. The molecule has 94 valence electrons. The van der Waals surface area contributed by atoms with Gasteiger partial charge in [-0.05, 0) is 6.92 Å². The van der Waals surface area contributed by atoms with E-state index in [9.17, 15) is 9.59 Å². The summed E-state index contributed by atoms with van der Waals surface area (Å²) in [5.41, 5.74) is 0. The highest BCUT2D eigenvalue weighted by Crippen LogP contribution is 2.08. The van der Waals surface area contributed by atoms with Gasteiger partial charge in [0.05, 0.1) is 6.07 Å². The van der Waals surface area contributed by atoms with Crippen LogP contribution in [0.25, 0.3) is 0 Å². The second-order valence-corrected chi connectivity index (χ2v) is 4.34. The van der Waals surface area contributed by atoms with Gasteiger partial charge in [-0.2, -0.15) is 5.26 Å². The minimum absolute atomic E-state index is 0.0366. The molecule has 1 fully saturated rings. The third-order valence-corrected chi connectivity index (χ3v) is 2.81. The van der Waals surface area contributed by atoms with Gasteiger partial charge in [0.1, 0.15) is 5.92 Å².